The summed E-state index contributed by atoms with van der Waals surface area (Å²) >= 11 is 3.39. The third kappa shape index (κ3) is 4.69. The fraction of sp³-hybridized carbons (Fsp3) is 0.714. The maximum atomic E-state index is 12.6. The van der Waals surface area contributed by atoms with Crippen molar-refractivity contribution >= 4 is 33.1 Å². The number of thiophene rings is 1. The quantitative estimate of drug-likeness (QED) is 0.709. The van der Waals surface area contributed by atoms with Crippen molar-refractivity contribution in [3.63, 3.8) is 0 Å². The van der Waals surface area contributed by atoms with Crippen LogP contribution in [0.25, 0.3) is 0 Å². The zero-order valence-electron chi connectivity index (χ0n) is 12.6. The van der Waals surface area contributed by atoms with Crippen LogP contribution in [0, 0.1) is 6.92 Å². The van der Waals surface area contributed by atoms with Crippen molar-refractivity contribution in [1.29, 1.82) is 0 Å². The Hall–Kier alpha value is -0.0800. The fourth-order valence-electron chi connectivity index (χ4n) is 2.43. The molecule has 0 aliphatic carbocycles. The largest absolute Gasteiger partial charge is 0.312 e. The van der Waals surface area contributed by atoms with E-state index in [0.29, 0.717) is 23.2 Å². The van der Waals surface area contributed by atoms with Gasteiger partial charge in [-0.2, -0.15) is 11.8 Å². The molecule has 1 unspecified atom stereocenters. The summed E-state index contributed by atoms with van der Waals surface area (Å²) in [6.45, 7) is 6.05. The van der Waals surface area contributed by atoms with Gasteiger partial charge < -0.3 is 5.32 Å². The number of aryl methyl sites for hydroxylation is 1. The van der Waals surface area contributed by atoms with Crippen molar-refractivity contribution in [1.82, 2.24) is 10.0 Å². The second-order valence-electron chi connectivity index (χ2n) is 5.33. The van der Waals surface area contributed by atoms with Gasteiger partial charge in [-0.25, -0.2) is 13.1 Å². The molecule has 7 heteroatoms. The standard InChI is InChI=1S/C14H24N2O2S3/c1-3-6-15-9-13-14(11(2)10-20-13)21(17,18)16-8-12-5-4-7-19-12/h10,12,15-16H,3-9H2,1-2H3. The second-order valence-corrected chi connectivity index (χ2v) is 9.41. The smallest absolute Gasteiger partial charge is 0.242 e. The van der Waals surface area contributed by atoms with Crippen LogP contribution in [-0.2, 0) is 16.6 Å². The van der Waals surface area contributed by atoms with Crippen LogP contribution in [0.1, 0.15) is 36.6 Å². The third-order valence-electron chi connectivity index (χ3n) is 3.50. The van der Waals surface area contributed by atoms with Gasteiger partial charge in [0, 0.05) is 23.2 Å². The number of hydrogen-bond donors (Lipinski definition) is 2. The molecule has 2 rings (SSSR count). The van der Waals surface area contributed by atoms with E-state index in [-0.39, 0.29) is 0 Å². The third-order valence-corrected chi connectivity index (χ3v) is 7.78. The lowest BCUT2D eigenvalue weighted by atomic mass is 10.2. The van der Waals surface area contributed by atoms with Gasteiger partial charge in [-0.3, -0.25) is 0 Å². The monoisotopic (exact) mass is 348 g/mol. The van der Waals surface area contributed by atoms with E-state index in [0.717, 1.165) is 35.6 Å². The Labute approximate surface area is 136 Å². The minimum Gasteiger partial charge on any atom is -0.312 e. The highest BCUT2D eigenvalue weighted by Crippen LogP contribution is 2.28. The molecule has 1 aromatic rings. The highest BCUT2D eigenvalue weighted by molar-refractivity contribution is 8.00. The molecular formula is C14H24N2O2S3. The Balaban J connectivity index is 2.05. The normalized spacial score (nSPS) is 19.2. The number of nitrogens with one attached hydrogen (secondary N) is 2. The predicted molar refractivity (Wildman–Crippen MR) is 91.7 cm³/mol. The second kappa shape index (κ2) is 7.97. The van der Waals surface area contributed by atoms with E-state index in [1.165, 1.54) is 17.8 Å². The van der Waals surface area contributed by atoms with Gasteiger partial charge >= 0.3 is 0 Å². The Morgan fingerprint density at radius 3 is 2.90 bits per heavy atom. The topological polar surface area (TPSA) is 58.2 Å². The van der Waals surface area contributed by atoms with Gasteiger partial charge in [-0.05, 0) is 49.4 Å². The van der Waals surface area contributed by atoms with E-state index in [1.54, 1.807) is 0 Å². The molecule has 1 fully saturated rings. The van der Waals surface area contributed by atoms with Gasteiger partial charge in [0.2, 0.25) is 10.0 Å². The highest BCUT2D eigenvalue weighted by atomic mass is 32.2. The minimum atomic E-state index is -3.40. The Bertz CT molecular complexity index is 549. The molecule has 1 aliphatic heterocycles. The molecule has 4 nitrogen and oxygen atoms in total. The zero-order chi connectivity index (χ0) is 15.3. The molecule has 1 aliphatic rings. The molecule has 0 bridgehead atoms. The summed E-state index contributed by atoms with van der Waals surface area (Å²) in [6.07, 6.45) is 3.35. The van der Waals surface area contributed by atoms with Crippen molar-refractivity contribution in [2.45, 2.75) is 49.8 Å². The first-order valence-corrected chi connectivity index (χ1v) is 10.8. The first-order valence-electron chi connectivity index (χ1n) is 7.43. The van der Waals surface area contributed by atoms with E-state index in [9.17, 15) is 8.42 Å². The summed E-state index contributed by atoms with van der Waals surface area (Å²) in [5.74, 6) is 1.15. The minimum absolute atomic E-state index is 0.431. The molecule has 0 amide bonds. The van der Waals surface area contributed by atoms with Crippen molar-refractivity contribution in [2.75, 3.05) is 18.8 Å². The summed E-state index contributed by atoms with van der Waals surface area (Å²) in [6, 6.07) is 0. The van der Waals surface area contributed by atoms with Gasteiger partial charge in [0.1, 0.15) is 4.90 Å². The van der Waals surface area contributed by atoms with Crippen LogP contribution in [-0.4, -0.2) is 32.5 Å². The SMILES string of the molecule is CCCNCc1scc(C)c1S(=O)(=O)NCC1CCCS1. The molecule has 2 N–H and O–H groups in total. The lowest BCUT2D eigenvalue weighted by Gasteiger charge is -2.12. The first kappa shape index (κ1) is 17.3. The van der Waals surface area contributed by atoms with E-state index in [1.807, 2.05) is 24.1 Å². The Morgan fingerprint density at radius 2 is 2.24 bits per heavy atom. The molecule has 1 atom stereocenters. The molecule has 0 spiro atoms. The number of thioether (sulfide) groups is 1. The molecule has 2 heterocycles. The van der Waals surface area contributed by atoms with Crippen molar-refractivity contribution < 1.29 is 8.42 Å². The van der Waals surface area contributed by atoms with Gasteiger partial charge in [0.15, 0.2) is 0 Å². The van der Waals surface area contributed by atoms with E-state index < -0.39 is 10.0 Å². The summed E-state index contributed by atoms with van der Waals surface area (Å²) in [7, 11) is -3.40. The van der Waals surface area contributed by atoms with Crippen LogP contribution in [0.5, 0.6) is 0 Å². The lowest BCUT2D eigenvalue weighted by Crippen LogP contribution is -2.31. The van der Waals surface area contributed by atoms with Crippen LogP contribution in [0.15, 0.2) is 10.3 Å². The van der Waals surface area contributed by atoms with Gasteiger partial charge in [0.25, 0.3) is 0 Å². The molecule has 0 aromatic carbocycles. The van der Waals surface area contributed by atoms with Crippen molar-refractivity contribution in [3.8, 4) is 0 Å². The molecule has 1 aromatic heterocycles. The molecule has 21 heavy (non-hydrogen) atoms. The van der Waals surface area contributed by atoms with Crippen molar-refractivity contribution in [2.24, 2.45) is 0 Å². The van der Waals surface area contributed by atoms with E-state index in [2.05, 4.69) is 17.0 Å². The average molecular weight is 349 g/mol. The van der Waals surface area contributed by atoms with Gasteiger partial charge in [0.05, 0.1) is 0 Å². The number of rotatable bonds is 8. The summed E-state index contributed by atoms with van der Waals surface area (Å²) in [5, 5.41) is 5.65. The van der Waals surface area contributed by atoms with Crippen LogP contribution in [0.4, 0.5) is 0 Å². The lowest BCUT2D eigenvalue weighted by molar-refractivity contribution is 0.576. The fourth-order valence-corrected chi connectivity index (χ4v) is 6.59. The van der Waals surface area contributed by atoms with Gasteiger partial charge in [-0.1, -0.05) is 6.92 Å². The average Bonchev–Trinajstić information content (AvgIpc) is 3.07. The summed E-state index contributed by atoms with van der Waals surface area (Å²) in [4.78, 5) is 1.40. The predicted octanol–water partition coefficient (Wildman–Crippen LogP) is 2.73. The first-order chi connectivity index (χ1) is 10.0. The molecule has 0 radical (unpaired) electrons. The Morgan fingerprint density at radius 1 is 1.43 bits per heavy atom. The summed E-state index contributed by atoms with van der Waals surface area (Å²) < 4.78 is 28.0. The van der Waals surface area contributed by atoms with Crippen LogP contribution in [0.2, 0.25) is 0 Å². The highest BCUT2D eigenvalue weighted by Gasteiger charge is 2.25. The van der Waals surface area contributed by atoms with Crippen LogP contribution < -0.4 is 10.0 Å². The van der Waals surface area contributed by atoms with E-state index in [4.69, 9.17) is 0 Å². The molecule has 1 saturated heterocycles. The van der Waals surface area contributed by atoms with Gasteiger partial charge in [-0.15, -0.1) is 11.3 Å². The zero-order valence-corrected chi connectivity index (χ0v) is 15.1. The maximum Gasteiger partial charge on any atom is 0.242 e. The van der Waals surface area contributed by atoms with Crippen LogP contribution in [0.3, 0.4) is 0 Å². The number of sulfonamides is 1. The molecule has 0 saturated carbocycles. The Kier molecular flexibility index (Phi) is 6.55. The van der Waals surface area contributed by atoms with E-state index >= 15 is 0 Å². The molecule has 120 valence electrons. The molecular weight excluding hydrogens is 324 g/mol. The number of hydrogen-bond acceptors (Lipinski definition) is 5. The van der Waals surface area contributed by atoms with Crippen LogP contribution >= 0.6 is 23.1 Å². The maximum absolute atomic E-state index is 12.6. The van der Waals surface area contributed by atoms with Crippen molar-refractivity contribution in [3.05, 3.63) is 15.8 Å². The summed E-state index contributed by atoms with van der Waals surface area (Å²) in [5.41, 5.74) is 0.847.